The Labute approximate surface area is 125 Å². The van der Waals surface area contributed by atoms with Gasteiger partial charge in [-0.25, -0.2) is 0 Å². The number of aliphatic imine (C=N–C) groups is 1. The molecule has 2 aliphatic heterocycles. The Morgan fingerprint density at radius 1 is 1.30 bits per heavy atom. The summed E-state index contributed by atoms with van der Waals surface area (Å²) in [7, 11) is 0. The van der Waals surface area contributed by atoms with Crippen molar-refractivity contribution in [1.29, 1.82) is 0 Å². The molecule has 2 N–H and O–H groups in total. The number of amidine groups is 1. The highest BCUT2D eigenvalue weighted by Gasteiger charge is 2.36. The number of carbonyl (C=O) groups excluding carboxylic acids is 2. The quantitative estimate of drug-likeness (QED) is 0.801. The van der Waals surface area contributed by atoms with E-state index in [4.69, 9.17) is 0 Å². The van der Waals surface area contributed by atoms with E-state index in [2.05, 4.69) is 31.6 Å². The molecule has 0 spiro atoms. The molecule has 20 heavy (non-hydrogen) atoms. The molecule has 0 aromatic heterocycles. The van der Waals surface area contributed by atoms with Gasteiger partial charge in [0.1, 0.15) is 11.8 Å². The zero-order valence-corrected chi connectivity index (χ0v) is 12.3. The Balaban J connectivity index is 1.88. The zero-order valence-electron chi connectivity index (χ0n) is 10.7. The number of amides is 2. The van der Waals surface area contributed by atoms with Crippen LogP contribution >= 0.6 is 15.9 Å². The molecule has 0 bridgehead atoms. The Kier molecular flexibility index (Phi) is 3.67. The van der Waals surface area contributed by atoms with Gasteiger partial charge in [0.15, 0.2) is 0 Å². The molecule has 3 rings (SSSR count). The first-order valence-corrected chi connectivity index (χ1v) is 7.36. The van der Waals surface area contributed by atoms with Crippen LogP contribution in [0.2, 0.25) is 0 Å². The van der Waals surface area contributed by atoms with E-state index in [9.17, 15) is 9.59 Å². The van der Waals surface area contributed by atoms with Gasteiger partial charge in [-0.3, -0.25) is 9.59 Å². The molecule has 1 saturated heterocycles. The lowest BCUT2D eigenvalue weighted by Crippen LogP contribution is -2.50. The van der Waals surface area contributed by atoms with Crippen LogP contribution < -0.4 is 10.6 Å². The van der Waals surface area contributed by atoms with Gasteiger partial charge in [-0.2, -0.15) is 4.99 Å². The van der Waals surface area contributed by atoms with Crippen molar-refractivity contribution in [3.63, 3.8) is 0 Å². The van der Waals surface area contributed by atoms with Crippen LogP contribution in [0.1, 0.15) is 24.3 Å². The van der Waals surface area contributed by atoms with E-state index in [1.54, 1.807) is 18.2 Å². The van der Waals surface area contributed by atoms with E-state index in [0.29, 0.717) is 11.4 Å². The van der Waals surface area contributed by atoms with Gasteiger partial charge in [0, 0.05) is 4.47 Å². The fourth-order valence-corrected chi connectivity index (χ4v) is 3.00. The van der Waals surface area contributed by atoms with Gasteiger partial charge in [0.2, 0.25) is 5.91 Å². The summed E-state index contributed by atoms with van der Waals surface area (Å²) in [4.78, 5) is 28.5. The van der Waals surface area contributed by atoms with Crippen LogP contribution in [0.3, 0.4) is 0 Å². The summed E-state index contributed by atoms with van der Waals surface area (Å²) >= 11 is 3.35. The summed E-state index contributed by atoms with van der Waals surface area (Å²) in [6.45, 7) is 0.892. The number of rotatable bonds is 2. The molecule has 0 aliphatic carbocycles. The lowest BCUT2D eigenvalue weighted by Gasteiger charge is -2.23. The Morgan fingerprint density at radius 3 is 2.80 bits per heavy atom. The van der Waals surface area contributed by atoms with Crippen molar-refractivity contribution in [2.24, 2.45) is 4.99 Å². The number of nitrogens with zero attached hydrogens (tertiary/aromatic N) is 1. The first-order valence-electron chi connectivity index (χ1n) is 6.57. The predicted octanol–water partition coefficient (Wildman–Crippen LogP) is 1.34. The lowest BCUT2D eigenvalue weighted by molar-refractivity contribution is -0.129. The molecular formula is C14H14BrN3O2. The number of halogens is 1. The first-order chi connectivity index (χ1) is 9.65. The van der Waals surface area contributed by atoms with Gasteiger partial charge in [0.05, 0.1) is 6.04 Å². The van der Waals surface area contributed by atoms with Gasteiger partial charge in [-0.15, -0.1) is 0 Å². The molecule has 2 aliphatic rings. The lowest BCUT2D eigenvalue weighted by atomic mass is 9.96. The van der Waals surface area contributed by atoms with E-state index in [0.717, 1.165) is 23.9 Å². The van der Waals surface area contributed by atoms with E-state index >= 15 is 0 Å². The number of benzene rings is 1. The summed E-state index contributed by atoms with van der Waals surface area (Å²) in [6, 6.07) is 7.19. The molecule has 2 heterocycles. The second-order valence-electron chi connectivity index (χ2n) is 4.96. The SMILES string of the molecule is O=C1N=C(C2CCCN2)NC(=O)C1c1cccc(Br)c1. The fourth-order valence-electron chi connectivity index (χ4n) is 2.58. The monoisotopic (exact) mass is 335 g/mol. The van der Waals surface area contributed by atoms with Crippen molar-refractivity contribution >= 4 is 33.6 Å². The van der Waals surface area contributed by atoms with Gasteiger partial charge < -0.3 is 10.6 Å². The van der Waals surface area contributed by atoms with Gasteiger partial charge in [-0.05, 0) is 37.1 Å². The zero-order chi connectivity index (χ0) is 14.1. The van der Waals surface area contributed by atoms with E-state index < -0.39 is 11.8 Å². The smallest absolute Gasteiger partial charge is 0.264 e. The van der Waals surface area contributed by atoms with Crippen LogP contribution in [0.4, 0.5) is 0 Å². The third-order valence-electron chi connectivity index (χ3n) is 3.56. The molecular weight excluding hydrogens is 322 g/mol. The standard InChI is InChI=1S/C14H14BrN3O2/c15-9-4-1-3-8(7-9)11-13(19)17-12(18-14(11)20)10-5-2-6-16-10/h1,3-4,7,10-11,16H,2,5-6H2,(H,17,18,19,20). The largest absolute Gasteiger partial charge is 0.312 e. The Morgan fingerprint density at radius 2 is 2.15 bits per heavy atom. The van der Waals surface area contributed by atoms with Crippen LogP contribution in [0.25, 0.3) is 0 Å². The molecule has 0 radical (unpaired) electrons. The molecule has 1 aromatic carbocycles. The molecule has 1 fully saturated rings. The van der Waals surface area contributed by atoms with Crippen molar-refractivity contribution in [3.8, 4) is 0 Å². The maximum Gasteiger partial charge on any atom is 0.264 e. The fraction of sp³-hybridized carbons (Fsp3) is 0.357. The van der Waals surface area contributed by atoms with Gasteiger partial charge >= 0.3 is 0 Å². The van der Waals surface area contributed by atoms with E-state index in [-0.39, 0.29) is 11.9 Å². The van der Waals surface area contributed by atoms with E-state index in [1.807, 2.05) is 6.07 Å². The van der Waals surface area contributed by atoms with Crippen LogP contribution in [-0.2, 0) is 9.59 Å². The van der Waals surface area contributed by atoms with Gasteiger partial charge in [0.25, 0.3) is 5.91 Å². The normalized spacial score (nSPS) is 26.4. The summed E-state index contributed by atoms with van der Waals surface area (Å²) in [5, 5.41) is 6.00. The number of hydrogen-bond donors (Lipinski definition) is 2. The number of hydrogen-bond acceptors (Lipinski definition) is 3. The highest BCUT2D eigenvalue weighted by Crippen LogP contribution is 2.24. The van der Waals surface area contributed by atoms with Crippen molar-refractivity contribution < 1.29 is 9.59 Å². The third-order valence-corrected chi connectivity index (χ3v) is 4.06. The summed E-state index contributed by atoms with van der Waals surface area (Å²) in [5.74, 6) is -1.08. The molecule has 2 unspecified atom stereocenters. The molecule has 5 nitrogen and oxygen atoms in total. The Hall–Kier alpha value is -1.53. The topological polar surface area (TPSA) is 70.6 Å². The minimum Gasteiger partial charge on any atom is -0.312 e. The van der Waals surface area contributed by atoms with E-state index in [1.165, 1.54) is 0 Å². The van der Waals surface area contributed by atoms with Crippen molar-refractivity contribution in [3.05, 3.63) is 34.3 Å². The van der Waals surface area contributed by atoms with Crippen molar-refractivity contribution in [2.45, 2.75) is 24.8 Å². The summed E-state index contributed by atoms with van der Waals surface area (Å²) in [6.07, 6.45) is 1.93. The summed E-state index contributed by atoms with van der Waals surface area (Å²) in [5.41, 5.74) is 0.657. The highest BCUT2D eigenvalue weighted by atomic mass is 79.9. The molecule has 104 valence electrons. The minimum absolute atomic E-state index is 0.00800. The van der Waals surface area contributed by atoms with Gasteiger partial charge in [-0.1, -0.05) is 28.1 Å². The second kappa shape index (κ2) is 5.46. The average Bonchev–Trinajstić information content (AvgIpc) is 2.91. The molecule has 0 saturated carbocycles. The maximum absolute atomic E-state index is 12.2. The van der Waals surface area contributed by atoms with Crippen LogP contribution in [0, 0.1) is 0 Å². The minimum atomic E-state index is -0.849. The van der Waals surface area contributed by atoms with Crippen LogP contribution in [-0.4, -0.2) is 30.2 Å². The Bertz CT molecular complexity index is 594. The van der Waals surface area contributed by atoms with Crippen molar-refractivity contribution in [2.75, 3.05) is 6.54 Å². The highest BCUT2D eigenvalue weighted by molar-refractivity contribution is 9.10. The van der Waals surface area contributed by atoms with Crippen LogP contribution in [0.15, 0.2) is 33.7 Å². The number of nitrogens with one attached hydrogen (secondary N) is 2. The molecule has 2 atom stereocenters. The third kappa shape index (κ3) is 2.53. The summed E-state index contributed by atoms with van der Waals surface area (Å²) < 4.78 is 0.836. The average molecular weight is 336 g/mol. The first kappa shape index (κ1) is 13.5. The molecule has 1 aromatic rings. The number of carbonyl (C=O) groups is 2. The molecule has 2 amide bonds. The van der Waals surface area contributed by atoms with Crippen LogP contribution in [0.5, 0.6) is 0 Å². The van der Waals surface area contributed by atoms with Crippen molar-refractivity contribution in [1.82, 2.24) is 10.6 Å². The predicted molar refractivity (Wildman–Crippen MR) is 78.5 cm³/mol. The molecule has 6 heteroatoms. The maximum atomic E-state index is 12.2. The second-order valence-corrected chi connectivity index (χ2v) is 5.88.